The minimum Gasteiger partial charge on any atom is -0.330 e. The molecule has 1 heterocycles. The Kier molecular flexibility index (Phi) is 3.38. The fourth-order valence-corrected chi connectivity index (χ4v) is 1.85. The molecule has 6 heteroatoms. The van der Waals surface area contributed by atoms with Crippen molar-refractivity contribution in [2.75, 3.05) is 6.54 Å². The fourth-order valence-electron chi connectivity index (χ4n) is 1.85. The van der Waals surface area contributed by atoms with Crippen molar-refractivity contribution in [3.63, 3.8) is 0 Å². The van der Waals surface area contributed by atoms with E-state index in [0.29, 0.717) is 18.7 Å². The van der Waals surface area contributed by atoms with Gasteiger partial charge in [0.1, 0.15) is 11.5 Å². The standard InChI is InChI=1S/C12H14N4O2/c1-9-2-3-10(11(8-9)16(17)18)15-7-6-14-12(15)4-5-13/h2-3,6-8H,4-5,13H2,1H3. The molecule has 0 aliphatic carbocycles. The number of aromatic nitrogens is 2. The number of hydrogen-bond acceptors (Lipinski definition) is 4. The van der Waals surface area contributed by atoms with E-state index >= 15 is 0 Å². The first-order valence-electron chi connectivity index (χ1n) is 5.61. The zero-order valence-electron chi connectivity index (χ0n) is 10.0. The monoisotopic (exact) mass is 246 g/mol. The lowest BCUT2D eigenvalue weighted by atomic mass is 10.2. The molecule has 0 unspecified atom stereocenters. The normalized spacial score (nSPS) is 10.6. The number of nitro groups is 1. The van der Waals surface area contributed by atoms with E-state index in [4.69, 9.17) is 5.73 Å². The molecule has 0 spiro atoms. The SMILES string of the molecule is Cc1ccc(-n2ccnc2CCN)c([N+](=O)[O-])c1. The molecule has 6 nitrogen and oxygen atoms in total. The molecule has 18 heavy (non-hydrogen) atoms. The highest BCUT2D eigenvalue weighted by Gasteiger charge is 2.17. The zero-order chi connectivity index (χ0) is 13.1. The third kappa shape index (κ3) is 2.23. The summed E-state index contributed by atoms with van der Waals surface area (Å²) in [5, 5.41) is 11.1. The van der Waals surface area contributed by atoms with Crippen LogP contribution < -0.4 is 5.73 Å². The van der Waals surface area contributed by atoms with Crippen molar-refractivity contribution in [1.29, 1.82) is 0 Å². The quantitative estimate of drug-likeness (QED) is 0.655. The molecule has 2 N–H and O–H groups in total. The summed E-state index contributed by atoms with van der Waals surface area (Å²) < 4.78 is 1.71. The van der Waals surface area contributed by atoms with Crippen LogP contribution in [0.15, 0.2) is 30.6 Å². The molecular formula is C12H14N4O2. The van der Waals surface area contributed by atoms with Crippen molar-refractivity contribution in [2.45, 2.75) is 13.3 Å². The molecule has 1 aromatic carbocycles. The van der Waals surface area contributed by atoms with E-state index in [-0.39, 0.29) is 10.6 Å². The lowest BCUT2D eigenvalue weighted by molar-refractivity contribution is -0.384. The van der Waals surface area contributed by atoms with Gasteiger partial charge in [0, 0.05) is 24.9 Å². The minimum absolute atomic E-state index is 0.0753. The van der Waals surface area contributed by atoms with Gasteiger partial charge in [0.05, 0.1) is 4.92 Å². The topological polar surface area (TPSA) is 87.0 Å². The molecule has 0 aliphatic heterocycles. The Morgan fingerprint density at radius 2 is 2.28 bits per heavy atom. The first-order valence-corrected chi connectivity index (χ1v) is 5.61. The second-order valence-electron chi connectivity index (χ2n) is 4.00. The van der Waals surface area contributed by atoms with Gasteiger partial charge in [0.25, 0.3) is 5.69 Å². The Morgan fingerprint density at radius 1 is 1.50 bits per heavy atom. The molecule has 0 saturated carbocycles. The first-order chi connectivity index (χ1) is 8.63. The number of rotatable bonds is 4. The smallest absolute Gasteiger partial charge is 0.293 e. The van der Waals surface area contributed by atoms with Gasteiger partial charge in [-0.1, -0.05) is 6.07 Å². The van der Waals surface area contributed by atoms with Crippen LogP contribution in [0.5, 0.6) is 0 Å². The molecule has 94 valence electrons. The van der Waals surface area contributed by atoms with E-state index in [9.17, 15) is 10.1 Å². The predicted molar refractivity (Wildman–Crippen MR) is 67.7 cm³/mol. The molecule has 0 fully saturated rings. The summed E-state index contributed by atoms with van der Waals surface area (Å²) in [4.78, 5) is 14.9. The average Bonchev–Trinajstić information content (AvgIpc) is 2.77. The number of imidazole rings is 1. The van der Waals surface area contributed by atoms with Crippen molar-refractivity contribution in [3.8, 4) is 5.69 Å². The van der Waals surface area contributed by atoms with Gasteiger partial charge in [0.2, 0.25) is 0 Å². The fraction of sp³-hybridized carbons (Fsp3) is 0.250. The minimum atomic E-state index is -0.380. The van der Waals surface area contributed by atoms with Gasteiger partial charge in [-0.3, -0.25) is 14.7 Å². The maximum atomic E-state index is 11.1. The van der Waals surface area contributed by atoms with Crippen molar-refractivity contribution in [1.82, 2.24) is 9.55 Å². The molecule has 0 atom stereocenters. The largest absolute Gasteiger partial charge is 0.330 e. The van der Waals surface area contributed by atoms with Crippen molar-refractivity contribution in [3.05, 3.63) is 52.1 Å². The van der Waals surface area contributed by atoms with Gasteiger partial charge < -0.3 is 5.73 Å². The Bertz CT molecular complexity index is 577. The Balaban J connectivity index is 2.56. The molecule has 0 bridgehead atoms. The van der Waals surface area contributed by atoms with Crippen LogP contribution in [0.2, 0.25) is 0 Å². The van der Waals surface area contributed by atoms with E-state index < -0.39 is 0 Å². The van der Waals surface area contributed by atoms with Gasteiger partial charge >= 0.3 is 0 Å². The number of benzene rings is 1. The maximum Gasteiger partial charge on any atom is 0.293 e. The molecule has 0 aliphatic rings. The van der Waals surface area contributed by atoms with Crippen molar-refractivity contribution in [2.24, 2.45) is 5.73 Å². The highest BCUT2D eigenvalue weighted by atomic mass is 16.6. The number of aryl methyl sites for hydroxylation is 1. The molecule has 2 aromatic rings. The van der Waals surface area contributed by atoms with Crippen molar-refractivity contribution < 1.29 is 4.92 Å². The molecule has 0 radical (unpaired) electrons. The highest BCUT2D eigenvalue weighted by Crippen LogP contribution is 2.25. The number of nitrogens with zero attached hydrogens (tertiary/aromatic N) is 3. The zero-order valence-corrected chi connectivity index (χ0v) is 10.0. The molecule has 0 amide bonds. The third-order valence-electron chi connectivity index (χ3n) is 2.67. The Morgan fingerprint density at radius 3 is 2.94 bits per heavy atom. The lowest BCUT2D eigenvalue weighted by Gasteiger charge is -2.08. The maximum absolute atomic E-state index is 11.1. The number of hydrogen-bond donors (Lipinski definition) is 1. The van der Waals surface area contributed by atoms with E-state index in [1.165, 1.54) is 0 Å². The molecular weight excluding hydrogens is 232 g/mol. The molecule has 1 aromatic heterocycles. The average molecular weight is 246 g/mol. The summed E-state index contributed by atoms with van der Waals surface area (Å²) in [7, 11) is 0. The van der Waals surface area contributed by atoms with Crippen LogP contribution in [-0.4, -0.2) is 21.0 Å². The third-order valence-corrected chi connectivity index (χ3v) is 2.67. The number of nitro benzene ring substituents is 1. The summed E-state index contributed by atoms with van der Waals surface area (Å²) in [5.74, 6) is 0.726. The highest BCUT2D eigenvalue weighted by molar-refractivity contribution is 5.54. The van der Waals surface area contributed by atoms with E-state index in [2.05, 4.69) is 4.98 Å². The summed E-state index contributed by atoms with van der Waals surface area (Å²) >= 11 is 0. The van der Waals surface area contributed by atoms with Crippen molar-refractivity contribution >= 4 is 5.69 Å². The van der Waals surface area contributed by atoms with Gasteiger partial charge in [-0.05, 0) is 25.1 Å². The summed E-state index contributed by atoms with van der Waals surface area (Å²) in [6.07, 6.45) is 3.91. The summed E-state index contributed by atoms with van der Waals surface area (Å²) in [6.45, 7) is 2.28. The molecule has 0 saturated heterocycles. The van der Waals surface area contributed by atoms with Crippen LogP contribution in [0.1, 0.15) is 11.4 Å². The van der Waals surface area contributed by atoms with Gasteiger partial charge in [-0.2, -0.15) is 0 Å². The first kappa shape index (κ1) is 12.3. The van der Waals surface area contributed by atoms with E-state index in [1.54, 1.807) is 29.1 Å². The van der Waals surface area contributed by atoms with E-state index in [1.807, 2.05) is 13.0 Å². The van der Waals surface area contributed by atoms with Crippen LogP contribution in [-0.2, 0) is 6.42 Å². The Hall–Kier alpha value is -2.21. The second kappa shape index (κ2) is 4.97. The predicted octanol–water partition coefficient (Wildman–Crippen LogP) is 1.59. The van der Waals surface area contributed by atoms with Gasteiger partial charge in [0.15, 0.2) is 0 Å². The van der Waals surface area contributed by atoms with Crippen LogP contribution >= 0.6 is 0 Å². The number of nitrogens with two attached hydrogens (primary N) is 1. The van der Waals surface area contributed by atoms with Gasteiger partial charge in [-0.25, -0.2) is 4.98 Å². The van der Waals surface area contributed by atoms with Crippen LogP contribution in [0.4, 0.5) is 5.69 Å². The molecule has 2 rings (SSSR count). The lowest BCUT2D eigenvalue weighted by Crippen LogP contribution is -2.09. The van der Waals surface area contributed by atoms with Gasteiger partial charge in [-0.15, -0.1) is 0 Å². The second-order valence-corrected chi connectivity index (χ2v) is 4.00. The van der Waals surface area contributed by atoms with Crippen LogP contribution in [0.25, 0.3) is 5.69 Å². The Labute approximate surface area is 104 Å². The van der Waals surface area contributed by atoms with Crippen LogP contribution in [0, 0.1) is 17.0 Å². The van der Waals surface area contributed by atoms with E-state index in [0.717, 1.165) is 11.4 Å². The van der Waals surface area contributed by atoms with Crippen LogP contribution in [0.3, 0.4) is 0 Å². The summed E-state index contributed by atoms with van der Waals surface area (Å²) in [5.41, 5.74) is 6.95. The summed E-state index contributed by atoms with van der Waals surface area (Å²) in [6, 6.07) is 5.13.